The monoisotopic (exact) mass is 465 g/mol. The largest absolute Gasteiger partial charge is 0.485 e. The van der Waals surface area contributed by atoms with Crippen LogP contribution in [0.1, 0.15) is 36.1 Å². The molecule has 1 saturated carbocycles. The molecule has 4 aromatic rings. The van der Waals surface area contributed by atoms with Gasteiger partial charge in [-0.15, -0.1) is 0 Å². The number of benzene rings is 1. The van der Waals surface area contributed by atoms with Crippen LogP contribution in [0.25, 0.3) is 16.9 Å². The smallest absolute Gasteiger partial charge is 0.222 e. The first kappa shape index (κ1) is 22.1. The Bertz CT molecular complexity index is 1350. The first-order chi connectivity index (χ1) is 16.4. The lowest BCUT2D eigenvalue weighted by molar-refractivity contribution is -0.121. The van der Waals surface area contributed by atoms with E-state index < -0.39 is 11.6 Å². The Morgan fingerprint density at radius 1 is 1.21 bits per heavy atom. The average Bonchev–Trinajstić information content (AvgIpc) is 3.37. The minimum absolute atomic E-state index is 0.0363. The molecule has 5 rings (SSSR count). The fraction of sp³-hybridized carbons (Fsp3) is 0.320. The summed E-state index contributed by atoms with van der Waals surface area (Å²) in [7, 11) is 0. The van der Waals surface area contributed by atoms with Gasteiger partial charge in [0.15, 0.2) is 11.4 Å². The molecule has 1 amide bonds. The summed E-state index contributed by atoms with van der Waals surface area (Å²) in [6.45, 7) is 4.03. The second-order valence-corrected chi connectivity index (χ2v) is 8.69. The number of carbonyl (C=O) groups excluding carboxylic acids is 1. The molecule has 0 saturated heterocycles. The van der Waals surface area contributed by atoms with E-state index in [0.29, 0.717) is 30.4 Å². The van der Waals surface area contributed by atoms with Crippen LogP contribution in [0.3, 0.4) is 0 Å². The van der Waals surface area contributed by atoms with Gasteiger partial charge in [-0.3, -0.25) is 13.9 Å². The molecule has 0 bridgehead atoms. The molecule has 0 unspecified atom stereocenters. The van der Waals surface area contributed by atoms with Crippen molar-refractivity contribution in [1.29, 1.82) is 0 Å². The molecule has 0 radical (unpaired) electrons. The SMILES string of the molecule is Cc1cc(OCc2c(F)cccc2F)c2nc(C)c(-c3cnn(CCC(=O)NC4CC4)c3)n2c1. The lowest BCUT2D eigenvalue weighted by atomic mass is 10.2. The predicted octanol–water partition coefficient (Wildman–Crippen LogP) is 4.34. The van der Waals surface area contributed by atoms with Crippen molar-refractivity contribution in [2.45, 2.75) is 52.3 Å². The number of fused-ring (bicyclic) bond motifs is 1. The van der Waals surface area contributed by atoms with Gasteiger partial charge in [0.2, 0.25) is 5.91 Å². The molecule has 9 heteroatoms. The Morgan fingerprint density at radius 3 is 2.71 bits per heavy atom. The molecule has 34 heavy (non-hydrogen) atoms. The molecule has 0 spiro atoms. The zero-order valence-electron chi connectivity index (χ0n) is 19.0. The summed E-state index contributed by atoms with van der Waals surface area (Å²) in [6, 6.07) is 5.88. The normalized spacial score (nSPS) is 13.4. The molecular formula is C25H25F2N5O2. The van der Waals surface area contributed by atoms with Gasteiger partial charge in [0, 0.05) is 37.0 Å². The van der Waals surface area contributed by atoms with Gasteiger partial charge < -0.3 is 10.1 Å². The number of amides is 1. The van der Waals surface area contributed by atoms with E-state index in [1.807, 2.05) is 30.6 Å². The number of aromatic nitrogens is 4. The number of nitrogens with zero attached hydrogens (tertiary/aromatic N) is 4. The highest BCUT2D eigenvalue weighted by Gasteiger charge is 2.23. The molecule has 176 valence electrons. The first-order valence-electron chi connectivity index (χ1n) is 11.3. The van der Waals surface area contributed by atoms with Crippen LogP contribution in [0.2, 0.25) is 0 Å². The molecular weight excluding hydrogens is 440 g/mol. The summed E-state index contributed by atoms with van der Waals surface area (Å²) in [5.41, 5.74) is 3.78. The van der Waals surface area contributed by atoms with E-state index in [1.54, 1.807) is 16.9 Å². The lowest BCUT2D eigenvalue weighted by Crippen LogP contribution is -2.26. The maximum Gasteiger partial charge on any atom is 0.222 e. The van der Waals surface area contributed by atoms with E-state index in [9.17, 15) is 13.6 Å². The molecule has 7 nitrogen and oxygen atoms in total. The Hall–Kier alpha value is -3.75. The number of hydrogen-bond acceptors (Lipinski definition) is 4. The summed E-state index contributed by atoms with van der Waals surface area (Å²) in [6.07, 6.45) is 8.05. The second kappa shape index (κ2) is 8.89. The number of aryl methyl sites for hydroxylation is 3. The van der Waals surface area contributed by atoms with Gasteiger partial charge in [-0.2, -0.15) is 5.10 Å². The Kier molecular flexibility index (Phi) is 5.77. The fourth-order valence-corrected chi connectivity index (χ4v) is 3.98. The minimum atomic E-state index is -0.651. The van der Waals surface area contributed by atoms with Crippen LogP contribution < -0.4 is 10.1 Å². The van der Waals surface area contributed by atoms with Gasteiger partial charge >= 0.3 is 0 Å². The topological polar surface area (TPSA) is 73.5 Å². The number of imidazole rings is 1. The van der Waals surface area contributed by atoms with Gasteiger partial charge in [-0.25, -0.2) is 13.8 Å². The highest BCUT2D eigenvalue weighted by molar-refractivity contribution is 5.76. The third-order valence-corrected chi connectivity index (χ3v) is 5.85. The molecule has 3 heterocycles. The van der Waals surface area contributed by atoms with Crippen molar-refractivity contribution in [3.63, 3.8) is 0 Å². The number of halogens is 2. The Morgan fingerprint density at radius 2 is 1.97 bits per heavy atom. The van der Waals surface area contributed by atoms with Crippen LogP contribution in [-0.4, -0.2) is 31.1 Å². The maximum absolute atomic E-state index is 14.0. The molecule has 1 aromatic carbocycles. The standard InChI is InChI=1S/C25H25F2N5O2/c1-15-10-22(34-14-19-20(26)4-3-5-21(19)27)25-29-16(2)24(32(25)12-15)17-11-28-31(13-17)9-8-23(33)30-18-6-7-18/h3-5,10-13,18H,6-9,14H2,1-2H3,(H,30,33). The number of ether oxygens (including phenoxy) is 1. The molecule has 1 aliphatic carbocycles. The van der Waals surface area contributed by atoms with Crippen molar-refractivity contribution in [3.05, 3.63) is 71.3 Å². The van der Waals surface area contributed by atoms with Crippen molar-refractivity contribution in [1.82, 2.24) is 24.5 Å². The van der Waals surface area contributed by atoms with Gasteiger partial charge in [0.05, 0.1) is 23.1 Å². The molecule has 3 aromatic heterocycles. The summed E-state index contributed by atoms with van der Waals surface area (Å²) in [5.74, 6) is -0.834. The molecule has 1 fully saturated rings. The van der Waals surface area contributed by atoms with Gasteiger partial charge in [-0.05, 0) is 50.5 Å². The lowest BCUT2D eigenvalue weighted by Gasteiger charge is -2.11. The van der Waals surface area contributed by atoms with Crippen molar-refractivity contribution in [3.8, 4) is 17.0 Å². The van der Waals surface area contributed by atoms with Gasteiger partial charge in [-0.1, -0.05) is 6.07 Å². The summed E-state index contributed by atoms with van der Waals surface area (Å²) < 4.78 is 37.6. The number of rotatable bonds is 8. The van der Waals surface area contributed by atoms with Gasteiger partial charge in [0.25, 0.3) is 0 Å². The summed E-state index contributed by atoms with van der Waals surface area (Å²) >= 11 is 0. The van der Waals surface area contributed by atoms with Crippen molar-refractivity contribution < 1.29 is 18.3 Å². The number of pyridine rings is 1. The van der Waals surface area contributed by atoms with Crippen LogP contribution in [0.4, 0.5) is 8.78 Å². The Labute approximate surface area is 195 Å². The summed E-state index contributed by atoms with van der Waals surface area (Å²) in [5, 5.41) is 7.39. The zero-order chi connectivity index (χ0) is 23.8. The van der Waals surface area contributed by atoms with E-state index in [-0.39, 0.29) is 18.1 Å². The Balaban J connectivity index is 1.40. The molecule has 0 aliphatic heterocycles. The highest BCUT2D eigenvalue weighted by Crippen LogP contribution is 2.31. The third kappa shape index (κ3) is 4.50. The first-order valence-corrected chi connectivity index (χ1v) is 11.3. The van der Waals surface area contributed by atoms with Crippen molar-refractivity contribution in [2.75, 3.05) is 0 Å². The molecule has 0 atom stereocenters. The predicted molar refractivity (Wildman–Crippen MR) is 122 cm³/mol. The zero-order valence-corrected chi connectivity index (χ0v) is 19.0. The second-order valence-electron chi connectivity index (χ2n) is 8.69. The average molecular weight is 466 g/mol. The van der Waals surface area contributed by atoms with E-state index in [2.05, 4.69) is 15.4 Å². The molecule has 1 N–H and O–H groups in total. The van der Waals surface area contributed by atoms with Crippen LogP contribution >= 0.6 is 0 Å². The van der Waals surface area contributed by atoms with Crippen molar-refractivity contribution >= 4 is 11.6 Å². The third-order valence-electron chi connectivity index (χ3n) is 5.85. The van der Waals surface area contributed by atoms with Crippen molar-refractivity contribution in [2.24, 2.45) is 0 Å². The van der Waals surface area contributed by atoms with E-state index in [0.717, 1.165) is 35.4 Å². The van der Waals surface area contributed by atoms with Crippen LogP contribution in [-0.2, 0) is 17.9 Å². The fourth-order valence-electron chi connectivity index (χ4n) is 3.98. The van der Waals surface area contributed by atoms with Crippen LogP contribution in [0.15, 0.2) is 42.9 Å². The van der Waals surface area contributed by atoms with Crippen LogP contribution in [0, 0.1) is 25.5 Å². The van der Waals surface area contributed by atoms with E-state index in [4.69, 9.17) is 4.74 Å². The van der Waals surface area contributed by atoms with E-state index >= 15 is 0 Å². The van der Waals surface area contributed by atoms with Crippen LogP contribution in [0.5, 0.6) is 5.75 Å². The number of hydrogen-bond donors (Lipinski definition) is 1. The number of carbonyl (C=O) groups is 1. The van der Waals surface area contributed by atoms with E-state index in [1.165, 1.54) is 18.2 Å². The highest BCUT2D eigenvalue weighted by atomic mass is 19.1. The quantitative estimate of drug-likeness (QED) is 0.420. The molecule has 1 aliphatic rings. The summed E-state index contributed by atoms with van der Waals surface area (Å²) in [4.78, 5) is 16.6. The van der Waals surface area contributed by atoms with Gasteiger partial charge in [0.1, 0.15) is 18.2 Å². The maximum atomic E-state index is 14.0. The minimum Gasteiger partial charge on any atom is -0.485 e. The number of nitrogens with one attached hydrogen (secondary N) is 1.